The molecule has 29 heavy (non-hydrogen) atoms. The molecule has 10 heteroatoms. The molecule has 2 aromatic carbocycles. The number of carbonyl (C=O) groups excluding carboxylic acids is 2. The van der Waals surface area contributed by atoms with Crippen LogP contribution < -0.4 is 4.90 Å². The molecule has 2 aromatic rings. The number of halogens is 2. The maximum atomic E-state index is 13.3. The maximum Gasteiger partial charge on any atom is 0.244 e. The molecule has 152 valence electrons. The van der Waals surface area contributed by atoms with Crippen LogP contribution in [0.15, 0.2) is 47.4 Å². The zero-order valence-electron chi connectivity index (χ0n) is 15.0. The molecule has 0 radical (unpaired) electrons. The van der Waals surface area contributed by atoms with Crippen LogP contribution in [0.5, 0.6) is 0 Å². The molecule has 1 atom stereocenters. The molecule has 1 unspecified atom stereocenters. The molecule has 0 spiro atoms. The van der Waals surface area contributed by atoms with Gasteiger partial charge in [-0.25, -0.2) is 8.42 Å². The van der Waals surface area contributed by atoms with Gasteiger partial charge in [-0.05, 0) is 42.0 Å². The zero-order chi connectivity index (χ0) is 20.8. The highest BCUT2D eigenvalue weighted by Crippen LogP contribution is 2.44. The van der Waals surface area contributed by atoms with E-state index in [9.17, 15) is 18.0 Å². The van der Waals surface area contributed by atoms with Gasteiger partial charge in [-0.2, -0.15) is 4.31 Å². The Morgan fingerprint density at radius 2 is 1.62 bits per heavy atom. The van der Waals surface area contributed by atoms with E-state index < -0.39 is 15.4 Å². The normalized spacial score (nSPS) is 20.6. The van der Waals surface area contributed by atoms with Crippen molar-refractivity contribution in [2.45, 2.75) is 23.1 Å². The Bertz CT molecular complexity index is 1070. The lowest BCUT2D eigenvalue weighted by atomic mass is 10.2. The van der Waals surface area contributed by atoms with E-state index in [0.29, 0.717) is 33.6 Å². The largest absolute Gasteiger partial charge is 0.274 e. The first-order valence-electron chi connectivity index (χ1n) is 8.83. The number of thioether (sulfide) groups is 1. The summed E-state index contributed by atoms with van der Waals surface area (Å²) in [6, 6.07) is 10.8. The molecule has 2 amide bonds. The smallest absolute Gasteiger partial charge is 0.244 e. The minimum atomic E-state index is -3.80. The first-order chi connectivity index (χ1) is 13.8. The third-order valence-corrected chi connectivity index (χ3v) is 8.65. The summed E-state index contributed by atoms with van der Waals surface area (Å²) >= 11 is 13.8. The van der Waals surface area contributed by atoms with Crippen LogP contribution in [0, 0.1) is 0 Å². The highest BCUT2D eigenvalue weighted by Gasteiger charge is 2.38. The molecular weight excluding hydrogens is 455 g/mol. The number of nitrogens with zero attached hydrogens (tertiary/aromatic N) is 2. The average molecular weight is 471 g/mol. The number of rotatable bonds is 4. The number of sulfonamides is 1. The molecule has 6 nitrogen and oxygen atoms in total. The van der Waals surface area contributed by atoms with Gasteiger partial charge in [-0.1, -0.05) is 29.3 Å². The molecule has 2 saturated heterocycles. The van der Waals surface area contributed by atoms with Gasteiger partial charge in [0.05, 0.1) is 16.0 Å². The Balaban J connectivity index is 1.64. The van der Waals surface area contributed by atoms with Crippen molar-refractivity contribution < 1.29 is 18.0 Å². The Kier molecular flexibility index (Phi) is 5.65. The molecule has 0 aromatic heterocycles. The van der Waals surface area contributed by atoms with Crippen molar-refractivity contribution in [1.82, 2.24) is 4.31 Å². The van der Waals surface area contributed by atoms with Crippen molar-refractivity contribution in [3.63, 3.8) is 0 Å². The topological polar surface area (TPSA) is 74.8 Å². The first kappa shape index (κ1) is 20.7. The summed E-state index contributed by atoms with van der Waals surface area (Å²) in [6.45, 7) is 0.349. The summed E-state index contributed by atoms with van der Waals surface area (Å²) in [7, 11) is -3.80. The fraction of sp³-hybridized carbons (Fsp3) is 0.263. The minimum absolute atomic E-state index is 0.0953. The molecule has 2 heterocycles. The summed E-state index contributed by atoms with van der Waals surface area (Å²) in [4.78, 5) is 25.0. The van der Waals surface area contributed by atoms with E-state index in [1.807, 2.05) is 0 Å². The number of hydrogen-bond donors (Lipinski definition) is 0. The zero-order valence-corrected chi connectivity index (χ0v) is 18.2. The van der Waals surface area contributed by atoms with E-state index >= 15 is 0 Å². The second kappa shape index (κ2) is 7.92. The SMILES string of the molecule is O=C1CCC(=O)N1c1ccc(S(=O)(=O)N2CCSC2c2ccc(Cl)cc2Cl)cc1. The van der Waals surface area contributed by atoms with Crippen molar-refractivity contribution in [1.29, 1.82) is 0 Å². The first-order valence-corrected chi connectivity index (χ1v) is 12.1. The number of anilines is 1. The third kappa shape index (κ3) is 3.80. The van der Waals surface area contributed by atoms with Crippen LogP contribution in [0.1, 0.15) is 23.8 Å². The predicted molar refractivity (Wildman–Crippen MR) is 114 cm³/mol. The summed E-state index contributed by atoms with van der Waals surface area (Å²) in [5.41, 5.74) is 1.07. The van der Waals surface area contributed by atoms with Crippen LogP contribution in [-0.4, -0.2) is 36.8 Å². The van der Waals surface area contributed by atoms with Gasteiger partial charge in [-0.15, -0.1) is 11.8 Å². The number of hydrogen-bond acceptors (Lipinski definition) is 5. The predicted octanol–water partition coefficient (Wildman–Crippen LogP) is 4.08. The minimum Gasteiger partial charge on any atom is -0.274 e. The van der Waals surface area contributed by atoms with Crippen molar-refractivity contribution in [2.24, 2.45) is 0 Å². The highest BCUT2D eigenvalue weighted by molar-refractivity contribution is 8.01. The number of carbonyl (C=O) groups is 2. The molecule has 0 aliphatic carbocycles. The Morgan fingerprint density at radius 1 is 0.966 bits per heavy atom. The van der Waals surface area contributed by atoms with E-state index in [-0.39, 0.29) is 29.6 Å². The lowest BCUT2D eigenvalue weighted by molar-refractivity contribution is -0.121. The maximum absolute atomic E-state index is 13.3. The summed E-state index contributed by atoms with van der Waals surface area (Å²) in [5.74, 6) is 0.0792. The van der Waals surface area contributed by atoms with Gasteiger partial charge in [0.15, 0.2) is 0 Å². The Morgan fingerprint density at radius 3 is 2.24 bits per heavy atom. The molecule has 0 bridgehead atoms. The van der Waals surface area contributed by atoms with Crippen molar-refractivity contribution in [3.8, 4) is 0 Å². The third-order valence-electron chi connectivity index (χ3n) is 4.83. The fourth-order valence-electron chi connectivity index (χ4n) is 3.41. The van der Waals surface area contributed by atoms with Crippen molar-refractivity contribution >= 4 is 62.5 Å². The van der Waals surface area contributed by atoms with Gasteiger partial charge in [0, 0.05) is 35.2 Å². The van der Waals surface area contributed by atoms with Crippen LogP contribution in [0.4, 0.5) is 5.69 Å². The monoisotopic (exact) mass is 470 g/mol. The van der Waals surface area contributed by atoms with Crippen LogP contribution in [0.25, 0.3) is 0 Å². The summed E-state index contributed by atoms with van der Waals surface area (Å²) < 4.78 is 27.9. The standard InChI is InChI=1S/C19H16Cl2N2O4S2/c20-12-1-6-15(16(21)11-12)19-22(9-10-28-19)29(26,27)14-4-2-13(3-5-14)23-17(24)7-8-18(23)25/h1-6,11,19H,7-10H2. The van der Waals surface area contributed by atoms with Gasteiger partial charge >= 0.3 is 0 Å². The van der Waals surface area contributed by atoms with Gasteiger partial charge < -0.3 is 0 Å². The molecule has 0 N–H and O–H groups in total. The van der Waals surface area contributed by atoms with Gasteiger partial charge in [0.2, 0.25) is 21.8 Å². The lowest BCUT2D eigenvalue weighted by Gasteiger charge is -2.24. The van der Waals surface area contributed by atoms with E-state index in [2.05, 4.69) is 0 Å². The number of amides is 2. The molecule has 4 rings (SSSR count). The lowest BCUT2D eigenvalue weighted by Crippen LogP contribution is -2.31. The Hall–Kier alpha value is -1.58. The summed E-state index contributed by atoms with van der Waals surface area (Å²) in [6.07, 6.45) is 0.348. The van der Waals surface area contributed by atoms with Gasteiger partial charge in [-0.3, -0.25) is 14.5 Å². The van der Waals surface area contributed by atoms with Crippen molar-refractivity contribution in [2.75, 3.05) is 17.2 Å². The molecule has 2 aliphatic rings. The van der Waals surface area contributed by atoms with E-state index in [1.54, 1.807) is 18.2 Å². The quantitative estimate of drug-likeness (QED) is 0.629. The second-order valence-corrected chi connectivity index (χ2v) is 10.5. The molecule has 2 fully saturated rings. The highest BCUT2D eigenvalue weighted by atomic mass is 35.5. The van der Waals surface area contributed by atoms with E-state index in [1.165, 1.54) is 40.3 Å². The number of imide groups is 1. The average Bonchev–Trinajstić information content (AvgIpc) is 3.29. The summed E-state index contributed by atoms with van der Waals surface area (Å²) in [5, 5.41) is 0.447. The van der Waals surface area contributed by atoms with E-state index in [4.69, 9.17) is 23.2 Å². The molecule has 2 aliphatic heterocycles. The molecular formula is C19H16Cl2N2O4S2. The van der Waals surface area contributed by atoms with Crippen LogP contribution >= 0.6 is 35.0 Å². The van der Waals surface area contributed by atoms with Crippen molar-refractivity contribution in [3.05, 3.63) is 58.1 Å². The van der Waals surface area contributed by atoms with Crippen LogP contribution in [0.3, 0.4) is 0 Å². The van der Waals surface area contributed by atoms with Gasteiger partial charge in [0.25, 0.3) is 0 Å². The molecule has 0 saturated carbocycles. The van der Waals surface area contributed by atoms with Crippen LogP contribution in [0.2, 0.25) is 10.0 Å². The second-order valence-electron chi connectivity index (χ2n) is 6.62. The van der Waals surface area contributed by atoms with E-state index in [0.717, 1.165) is 4.90 Å². The Labute approximate surface area is 182 Å². The fourth-order valence-corrected chi connectivity index (χ4v) is 7.26. The number of benzene rings is 2. The van der Waals surface area contributed by atoms with Gasteiger partial charge in [0.1, 0.15) is 0 Å². The van der Waals surface area contributed by atoms with Crippen LogP contribution in [-0.2, 0) is 19.6 Å².